The second-order valence-corrected chi connectivity index (χ2v) is 5.16. The molecule has 1 aromatic carbocycles. The van der Waals surface area contributed by atoms with Crippen molar-refractivity contribution in [3.63, 3.8) is 0 Å². The highest BCUT2D eigenvalue weighted by atomic mass is 16.3. The number of hydrogen-bond donors (Lipinski definition) is 2. The van der Waals surface area contributed by atoms with E-state index in [1.54, 1.807) is 0 Å². The van der Waals surface area contributed by atoms with Crippen LogP contribution in [-0.2, 0) is 6.54 Å². The van der Waals surface area contributed by atoms with Crippen LogP contribution in [0.3, 0.4) is 0 Å². The van der Waals surface area contributed by atoms with Gasteiger partial charge in [0, 0.05) is 13.1 Å². The third-order valence-corrected chi connectivity index (χ3v) is 3.46. The molecular weight excluding hydrogens is 198 g/mol. The van der Waals surface area contributed by atoms with E-state index in [4.69, 9.17) is 0 Å². The lowest BCUT2D eigenvalue weighted by molar-refractivity contribution is 0.0440. The van der Waals surface area contributed by atoms with Crippen molar-refractivity contribution >= 4 is 0 Å². The van der Waals surface area contributed by atoms with Crippen molar-refractivity contribution in [2.45, 2.75) is 38.3 Å². The Kier molecular flexibility index (Phi) is 3.62. The Bertz CT molecular complexity index is 325. The normalized spacial score (nSPS) is 29.5. The lowest BCUT2D eigenvalue weighted by atomic mass is 10.0. The summed E-state index contributed by atoms with van der Waals surface area (Å²) in [5.41, 5.74) is 0.811. The van der Waals surface area contributed by atoms with Gasteiger partial charge in [-0.15, -0.1) is 0 Å². The summed E-state index contributed by atoms with van der Waals surface area (Å²) in [5.74, 6) is 0.670. The Balaban J connectivity index is 1.76. The zero-order valence-corrected chi connectivity index (χ0v) is 9.95. The molecular formula is C14H21NO. The first-order valence-electron chi connectivity index (χ1n) is 6.15. The van der Waals surface area contributed by atoms with E-state index in [2.05, 4.69) is 24.4 Å². The van der Waals surface area contributed by atoms with Crippen LogP contribution in [0.25, 0.3) is 0 Å². The minimum absolute atomic E-state index is 0.464. The maximum Gasteiger partial charge on any atom is 0.0774 e. The predicted octanol–water partition coefficient (Wildman–Crippen LogP) is 2.33. The molecule has 0 unspecified atom stereocenters. The van der Waals surface area contributed by atoms with E-state index in [0.717, 1.165) is 25.8 Å². The molecule has 0 bridgehead atoms. The van der Waals surface area contributed by atoms with Crippen molar-refractivity contribution in [3.8, 4) is 0 Å². The number of nitrogens with one attached hydrogen (secondary N) is 1. The van der Waals surface area contributed by atoms with Crippen LogP contribution in [0, 0.1) is 5.92 Å². The highest BCUT2D eigenvalue weighted by Gasteiger charge is 2.34. The lowest BCUT2D eigenvalue weighted by Crippen LogP contribution is -2.38. The van der Waals surface area contributed by atoms with Crippen LogP contribution in [0.5, 0.6) is 0 Å². The van der Waals surface area contributed by atoms with E-state index in [0.29, 0.717) is 12.5 Å². The molecule has 0 radical (unpaired) electrons. The van der Waals surface area contributed by atoms with Crippen molar-refractivity contribution in [1.82, 2.24) is 5.32 Å². The summed E-state index contributed by atoms with van der Waals surface area (Å²) in [7, 11) is 0. The molecule has 1 fully saturated rings. The zero-order chi connectivity index (χ0) is 11.4. The molecule has 2 heteroatoms. The maximum absolute atomic E-state index is 10.3. The van der Waals surface area contributed by atoms with E-state index in [9.17, 15) is 5.11 Å². The van der Waals surface area contributed by atoms with Crippen molar-refractivity contribution in [3.05, 3.63) is 35.9 Å². The second-order valence-electron chi connectivity index (χ2n) is 5.16. The van der Waals surface area contributed by atoms with Gasteiger partial charge in [0.2, 0.25) is 0 Å². The summed E-state index contributed by atoms with van der Waals surface area (Å²) in [6.45, 7) is 3.78. The Morgan fingerprint density at radius 3 is 2.75 bits per heavy atom. The molecule has 1 saturated carbocycles. The molecule has 2 nitrogen and oxygen atoms in total. The summed E-state index contributed by atoms with van der Waals surface area (Å²) in [6.07, 6.45) is 3.04. The molecule has 16 heavy (non-hydrogen) atoms. The number of benzene rings is 1. The molecule has 0 amide bonds. The monoisotopic (exact) mass is 219 g/mol. The summed E-state index contributed by atoms with van der Waals surface area (Å²) in [4.78, 5) is 0. The van der Waals surface area contributed by atoms with Crippen molar-refractivity contribution in [2.75, 3.05) is 6.54 Å². The third kappa shape index (κ3) is 3.06. The van der Waals surface area contributed by atoms with Gasteiger partial charge in [-0.3, -0.25) is 0 Å². The smallest absolute Gasteiger partial charge is 0.0774 e. The maximum atomic E-state index is 10.3. The molecule has 1 aliphatic carbocycles. The van der Waals surface area contributed by atoms with Gasteiger partial charge in [-0.25, -0.2) is 0 Å². The fourth-order valence-electron chi connectivity index (χ4n) is 2.56. The zero-order valence-electron chi connectivity index (χ0n) is 9.95. The van der Waals surface area contributed by atoms with E-state index in [-0.39, 0.29) is 0 Å². The molecule has 2 rings (SSSR count). The fraction of sp³-hybridized carbons (Fsp3) is 0.571. The standard InChI is InChI=1S/C14H21NO/c1-12-7-8-14(16,9-12)11-15-10-13-5-3-2-4-6-13/h2-6,12,15-16H,7-11H2,1H3/t12-,14-/m0/s1. The quantitative estimate of drug-likeness (QED) is 0.814. The van der Waals surface area contributed by atoms with Crippen LogP contribution in [0.1, 0.15) is 31.7 Å². The van der Waals surface area contributed by atoms with Gasteiger partial charge in [-0.1, -0.05) is 37.3 Å². The van der Waals surface area contributed by atoms with Crippen LogP contribution in [0.4, 0.5) is 0 Å². The largest absolute Gasteiger partial charge is 0.389 e. The Hall–Kier alpha value is -0.860. The third-order valence-electron chi connectivity index (χ3n) is 3.46. The Labute approximate surface area is 97.7 Å². The van der Waals surface area contributed by atoms with Gasteiger partial charge in [0.05, 0.1) is 5.60 Å². The van der Waals surface area contributed by atoms with Crippen molar-refractivity contribution in [1.29, 1.82) is 0 Å². The lowest BCUT2D eigenvalue weighted by Gasteiger charge is -2.23. The first-order valence-corrected chi connectivity index (χ1v) is 6.15. The minimum atomic E-state index is -0.464. The van der Waals surface area contributed by atoms with E-state index in [1.165, 1.54) is 5.56 Å². The first-order chi connectivity index (χ1) is 7.68. The van der Waals surface area contributed by atoms with Gasteiger partial charge in [-0.2, -0.15) is 0 Å². The van der Waals surface area contributed by atoms with Gasteiger partial charge < -0.3 is 10.4 Å². The highest BCUT2D eigenvalue weighted by Crippen LogP contribution is 2.33. The topological polar surface area (TPSA) is 32.3 Å². The predicted molar refractivity (Wildman–Crippen MR) is 66.1 cm³/mol. The van der Waals surface area contributed by atoms with Crippen LogP contribution >= 0.6 is 0 Å². The molecule has 2 atom stereocenters. The number of aliphatic hydroxyl groups is 1. The number of rotatable bonds is 4. The highest BCUT2D eigenvalue weighted by molar-refractivity contribution is 5.14. The molecule has 1 aromatic rings. The van der Waals surface area contributed by atoms with Crippen LogP contribution in [0.2, 0.25) is 0 Å². The average molecular weight is 219 g/mol. The van der Waals surface area contributed by atoms with E-state index in [1.807, 2.05) is 18.2 Å². The van der Waals surface area contributed by atoms with Gasteiger partial charge in [-0.05, 0) is 30.7 Å². The number of hydrogen-bond acceptors (Lipinski definition) is 2. The van der Waals surface area contributed by atoms with Crippen molar-refractivity contribution < 1.29 is 5.11 Å². The van der Waals surface area contributed by atoms with Gasteiger partial charge in [0.25, 0.3) is 0 Å². The van der Waals surface area contributed by atoms with Crippen LogP contribution in [-0.4, -0.2) is 17.3 Å². The molecule has 0 heterocycles. The van der Waals surface area contributed by atoms with Crippen LogP contribution < -0.4 is 5.32 Å². The molecule has 0 spiro atoms. The summed E-state index contributed by atoms with van der Waals surface area (Å²) >= 11 is 0. The van der Waals surface area contributed by atoms with E-state index < -0.39 is 5.60 Å². The first kappa shape index (κ1) is 11.6. The SMILES string of the molecule is C[C@H]1CC[C@@](O)(CNCc2ccccc2)C1. The summed E-state index contributed by atoms with van der Waals surface area (Å²) in [6, 6.07) is 10.3. The van der Waals surface area contributed by atoms with E-state index >= 15 is 0 Å². The van der Waals surface area contributed by atoms with Gasteiger partial charge in [0.15, 0.2) is 0 Å². The molecule has 0 aliphatic heterocycles. The fourth-order valence-corrected chi connectivity index (χ4v) is 2.56. The molecule has 2 N–H and O–H groups in total. The van der Waals surface area contributed by atoms with Gasteiger partial charge >= 0.3 is 0 Å². The van der Waals surface area contributed by atoms with Crippen molar-refractivity contribution in [2.24, 2.45) is 5.92 Å². The molecule has 1 aliphatic rings. The Morgan fingerprint density at radius 1 is 1.38 bits per heavy atom. The second kappa shape index (κ2) is 4.98. The minimum Gasteiger partial charge on any atom is -0.389 e. The molecule has 88 valence electrons. The Morgan fingerprint density at radius 2 is 2.12 bits per heavy atom. The summed E-state index contributed by atoms with van der Waals surface area (Å²) in [5, 5.41) is 13.6. The molecule has 0 saturated heterocycles. The molecule has 0 aromatic heterocycles. The average Bonchev–Trinajstić information content (AvgIpc) is 2.60. The van der Waals surface area contributed by atoms with Crippen LogP contribution in [0.15, 0.2) is 30.3 Å². The van der Waals surface area contributed by atoms with Gasteiger partial charge in [0.1, 0.15) is 0 Å². The summed E-state index contributed by atoms with van der Waals surface area (Å²) < 4.78 is 0.